The summed E-state index contributed by atoms with van der Waals surface area (Å²) in [6, 6.07) is 7.93. The number of hydrogen-bond donors (Lipinski definition) is 1. The molecular formula is C17H19FN2O2S. The van der Waals surface area contributed by atoms with Crippen LogP contribution < -0.4 is 4.72 Å². The van der Waals surface area contributed by atoms with E-state index in [0.29, 0.717) is 5.92 Å². The first-order chi connectivity index (χ1) is 11.0. The Bertz CT molecular complexity index is 804. The zero-order valence-electron chi connectivity index (χ0n) is 12.9. The number of benzene rings is 1. The third kappa shape index (κ3) is 3.95. The highest BCUT2D eigenvalue weighted by atomic mass is 32.2. The minimum Gasteiger partial charge on any atom is -0.264 e. The maximum atomic E-state index is 13.4. The summed E-state index contributed by atoms with van der Waals surface area (Å²) in [4.78, 5) is 4.22. The third-order valence-electron chi connectivity index (χ3n) is 4.06. The molecule has 1 aliphatic rings. The first kappa shape index (κ1) is 16.1. The Morgan fingerprint density at radius 1 is 1.26 bits per heavy atom. The van der Waals surface area contributed by atoms with Crippen molar-refractivity contribution in [2.75, 3.05) is 5.75 Å². The zero-order valence-corrected chi connectivity index (χ0v) is 13.7. The second-order valence-corrected chi connectivity index (χ2v) is 7.90. The van der Waals surface area contributed by atoms with Crippen molar-refractivity contribution < 1.29 is 12.8 Å². The molecule has 1 aromatic heterocycles. The van der Waals surface area contributed by atoms with Crippen molar-refractivity contribution in [1.29, 1.82) is 0 Å². The van der Waals surface area contributed by atoms with Gasteiger partial charge in [-0.15, -0.1) is 0 Å². The Kier molecular flexibility index (Phi) is 4.46. The summed E-state index contributed by atoms with van der Waals surface area (Å²) < 4.78 is 40.0. The van der Waals surface area contributed by atoms with Crippen LogP contribution in [0.5, 0.6) is 0 Å². The van der Waals surface area contributed by atoms with Crippen LogP contribution in [-0.2, 0) is 10.0 Å². The van der Waals surface area contributed by atoms with Gasteiger partial charge in [0.05, 0.1) is 11.8 Å². The fourth-order valence-electron chi connectivity index (χ4n) is 2.60. The highest BCUT2D eigenvalue weighted by molar-refractivity contribution is 7.89. The normalized spacial score (nSPS) is 16.3. The van der Waals surface area contributed by atoms with E-state index in [1.807, 2.05) is 12.1 Å². The molecule has 2 aromatic rings. The highest BCUT2D eigenvalue weighted by Gasteiger charge is 2.35. The van der Waals surface area contributed by atoms with E-state index in [2.05, 4.69) is 9.71 Å². The number of aromatic nitrogens is 1. The summed E-state index contributed by atoms with van der Waals surface area (Å²) in [6.45, 7) is 1.62. The first-order valence-electron chi connectivity index (χ1n) is 7.69. The van der Waals surface area contributed by atoms with Crippen molar-refractivity contribution in [3.05, 3.63) is 54.1 Å². The smallest absolute Gasteiger partial charge is 0.211 e. The van der Waals surface area contributed by atoms with Gasteiger partial charge in [0.1, 0.15) is 5.82 Å². The van der Waals surface area contributed by atoms with Gasteiger partial charge >= 0.3 is 0 Å². The summed E-state index contributed by atoms with van der Waals surface area (Å²) in [5, 5.41) is 0. The van der Waals surface area contributed by atoms with Gasteiger partial charge in [0, 0.05) is 18.0 Å². The van der Waals surface area contributed by atoms with Gasteiger partial charge in [-0.2, -0.15) is 0 Å². The number of halogens is 1. The van der Waals surface area contributed by atoms with Crippen LogP contribution in [0.25, 0.3) is 11.1 Å². The molecule has 1 aromatic carbocycles. The maximum absolute atomic E-state index is 13.4. The molecule has 1 atom stereocenters. The third-order valence-corrected chi connectivity index (χ3v) is 5.43. The molecule has 4 nitrogen and oxygen atoms in total. The van der Waals surface area contributed by atoms with Crippen LogP contribution in [0, 0.1) is 11.7 Å². The van der Waals surface area contributed by atoms with Crippen LogP contribution in [0.4, 0.5) is 4.39 Å². The van der Waals surface area contributed by atoms with E-state index in [4.69, 9.17) is 0 Å². The second kappa shape index (κ2) is 6.37. The van der Waals surface area contributed by atoms with Gasteiger partial charge in [-0.05, 0) is 55.0 Å². The average Bonchev–Trinajstić information content (AvgIpc) is 3.38. The van der Waals surface area contributed by atoms with E-state index >= 15 is 0 Å². The number of nitrogens with zero attached hydrogens (tertiary/aromatic N) is 1. The summed E-state index contributed by atoms with van der Waals surface area (Å²) in [7, 11) is -3.29. The Hall–Kier alpha value is -1.79. The molecule has 1 unspecified atom stereocenters. The molecule has 1 saturated carbocycles. The maximum Gasteiger partial charge on any atom is 0.211 e. The molecule has 6 heteroatoms. The molecular weight excluding hydrogens is 315 g/mol. The van der Waals surface area contributed by atoms with Crippen LogP contribution in [-0.4, -0.2) is 19.2 Å². The van der Waals surface area contributed by atoms with Crippen molar-refractivity contribution in [2.45, 2.75) is 25.8 Å². The van der Waals surface area contributed by atoms with E-state index in [1.54, 1.807) is 25.4 Å². The molecule has 1 aliphatic carbocycles. The van der Waals surface area contributed by atoms with Crippen LogP contribution in [0.3, 0.4) is 0 Å². The lowest BCUT2D eigenvalue weighted by molar-refractivity contribution is 0.529. The number of nitrogens with one attached hydrogen (secondary N) is 1. The largest absolute Gasteiger partial charge is 0.264 e. The van der Waals surface area contributed by atoms with E-state index in [-0.39, 0.29) is 17.6 Å². The first-order valence-corrected chi connectivity index (χ1v) is 9.34. The van der Waals surface area contributed by atoms with Crippen molar-refractivity contribution in [3.63, 3.8) is 0 Å². The number of sulfonamides is 1. The molecule has 23 heavy (non-hydrogen) atoms. The fourth-order valence-corrected chi connectivity index (χ4v) is 3.48. The molecule has 1 heterocycles. The lowest BCUT2D eigenvalue weighted by Crippen LogP contribution is -2.31. The second-order valence-electron chi connectivity index (χ2n) is 5.85. The van der Waals surface area contributed by atoms with E-state index in [0.717, 1.165) is 29.5 Å². The summed E-state index contributed by atoms with van der Waals surface area (Å²) in [6.07, 6.45) is 5.35. The van der Waals surface area contributed by atoms with E-state index in [1.165, 1.54) is 12.1 Å². The topological polar surface area (TPSA) is 59.1 Å². The summed E-state index contributed by atoms with van der Waals surface area (Å²) in [5.74, 6) is 0.0481. The van der Waals surface area contributed by atoms with E-state index < -0.39 is 10.0 Å². The minimum absolute atomic E-state index is 0.0488. The average molecular weight is 334 g/mol. The standard InChI is InChI=1S/C17H19FN2O2S/c1-2-23(21,22)20-17(12-6-7-12)15-8-14(10-19-11-15)13-4-3-5-16(18)9-13/h3-5,8-12,17,20H,2,6-7H2,1H3. The van der Waals surface area contributed by atoms with Gasteiger partial charge in [0.25, 0.3) is 0 Å². The van der Waals surface area contributed by atoms with Gasteiger partial charge in [-0.1, -0.05) is 12.1 Å². The number of rotatable bonds is 6. The predicted octanol–water partition coefficient (Wildman–Crippen LogP) is 3.28. The van der Waals surface area contributed by atoms with E-state index in [9.17, 15) is 12.8 Å². The van der Waals surface area contributed by atoms with Crippen LogP contribution in [0.1, 0.15) is 31.4 Å². The van der Waals surface area contributed by atoms with Gasteiger partial charge < -0.3 is 0 Å². The van der Waals surface area contributed by atoms with Crippen LogP contribution >= 0.6 is 0 Å². The molecule has 3 rings (SSSR count). The molecule has 1 fully saturated rings. The number of pyridine rings is 1. The molecule has 0 spiro atoms. The SMILES string of the molecule is CCS(=O)(=O)NC(c1cncc(-c2cccc(F)c2)c1)C1CC1. The lowest BCUT2D eigenvalue weighted by Gasteiger charge is -2.18. The molecule has 0 saturated heterocycles. The van der Waals surface area contributed by atoms with Crippen LogP contribution in [0.15, 0.2) is 42.7 Å². The Labute approximate surface area is 135 Å². The minimum atomic E-state index is -3.29. The lowest BCUT2D eigenvalue weighted by atomic mass is 10.0. The fraction of sp³-hybridized carbons (Fsp3) is 0.353. The van der Waals surface area contributed by atoms with Gasteiger partial charge in [0.2, 0.25) is 10.0 Å². The van der Waals surface area contributed by atoms with Crippen molar-refractivity contribution in [1.82, 2.24) is 9.71 Å². The summed E-state index contributed by atoms with van der Waals surface area (Å²) in [5.41, 5.74) is 2.34. The Balaban J connectivity index is 1.94. The van der Waals surface area contributed by atoms with Crippen molar-refractivity contribution in [3.8, 4) is 11.1 Å². The molecule has 0 bridgehead atoms. The Morgan fingerprint density at radius 3 is 2.70 bits per heavy atom. The molecule has 0 aliphatic heterocycles. The number of hydrogen-bond acceptors (Lipinski definition) is 3. The molecule has 1 N–H and O–H groups in total. The van der Waals surface area contributed by atoms with Crippen molar-refractivity contribution >= 4 is 10.0 Å². The van der Waals surface area contributed by atoms with Gasteiger partial charge in [-0.25, -0.2) is 17.5 Å². The molecule has 122 valence electrons. The van der Waals surface area contributed by atoms with Crippen LogP contribution in [0.2, 0.25) is 0 Å². The van der Waals surface area contributed by atoms with Gasteiger partial charge in [-0.3, -0.25) is 4.98 Å². The molecule has 0 amide bonds. The predicted molar refractivity (Wildman–Crippen MR) is 87.7 cm³/mol. The Morgan fingerprint density at radius 2 is 2.04 bits per heavy atom. The van der Waals surface area contributed by atoms with Crippen molar-refractivity contribution in [2.24, 2.45) is 5.92 Å². The summed E-state index contributed by atoms with van der Waals surface area (Å²) >= 11 is 0. The highest BCUT2D eigenvalue weighted by Crippen LogP contribution is 2.41. The quantitative estimate of drug-likeness (QED) is 0.882. The van der Waals surface area contributed by atoms with Gasteiger partial charge in [0.15, 0.2) is 0 Å². The molecule has 0 radical (unpaired) electrons. The zero-order chi connectivity index (χ0) is 16.4. The monoisotopic (exact) mass is 334 g/mol.